The zero-order chi connectivity index (χ0) is 16.9. The summed E-state index contributed by atoms with van der Waals surface area (Å²) in [6.07, 6.45) is 2.79. The van der Waals surface area contributed by atoms with E-state index in [9.17, 15) is 4.79 Å². The Morgan fingerprint density at radius 1 is 1.17 bits per heavy atom. The molecule has 0 aliphatic carbocycles. The molecule has 0 aliphatic heterocycles. The molecule has 6 heteroatoms. The summed E-state index contributed by atoms with van der Waals surface area (Å²) in [5, 5.41) is 7.08. The maximum Gasteiger partial charge on any atom is 0.239 e. The van der Waals surface area contributed by atoms with Gasteiger partial charge in [-0.2, -0.15) is 0 Å². The summed E-state index contributed by atoms with van der Waals surface area (Å²) in [5.74, 6) is 0.414. The van der Waals surface area contributed by atoms with Crippen molar-refractivity contribution in [3.63, 3.8) is 0 Å². The Hall–Kier alpha value is -2.89. The van der Waals surface area contributed by atoms with Crippen molar-refractivity contribution in [2.24, 2.45) is 0 Å². The van der Waals surface area contributed by atoms with Crippen molar-refractivity contribution in [3.05, 3.63) is 53.5 Å². The SMILES string of the molecule is Cc1cc(C)nc(NCC(=O)NCCc2c[nH]c3ccccc23)n1. The topological polar surface area (TPSA) is 82.7 Å². The Morgan fingerprint density at radius 3 is 2.71 bits per heavy atom. The molecule has 0 bridgehead atoms. The number of hydrogen-bond donors (Lipinski definition) is 3. The maximum atomic E-state index is 11.9. The van der Waals surface area contributed by atoms with Gasteiger partial charge >= 0.3 is 0 Å². The summed E-state index contributed by atoms with van der Waals surface area (Å²) in [5.41, 5.74) is 4.08. The molecule has 0 aliphatic rings. The molecule has 3 N–H and O–H groups in total. The lowest BCUT2D eigenvalue weighted by molar-refractivity contribution is -0.119. The molecule has 1 aromatic carbocycles. The average Bonchev–Trinajstić information content (AvgIpc) is 2.96. The van der Waals surface area contributed by atoms with Gasteiger partial charge < -0.3 is 15.6 Å². The number of carbonyl (C=O) groups is 1. The van der Waals surface area contributed by atoms with Gasteiger partial charge in [0.05, 0.1) is 6.54 Å². The number of aromatic nitrogens is 3. The van der Waals surface area contributed by atoms with Gasteiger partial charge in [-0.25, -0.2) is 9.97 Å². The van der Waals surface area contributed by atoms with Crippen LogP contribution in [0.4, 0.5) is 5.95 Å². The van der Waals surface area contributed by atoms with Gasteiger partial charge in [-0.3, -0.25) is 4.79 Å². The number of H-pyrrole nitrogens is 1. The van der Waals surface area contributed by atoms with E-state index in [0.717, 1.165) is 23.3 Å². The van der Waals surface area contributed by atoms with Crippen molar-refractivity contribution in [1.29, 1.82) is 0 Å². The first-order chi connectivity index (χ1) is 11.6. The van der Waals surface area contributed by atoms with Crippen molar-refractivity contribution < 1.29 is 4.79 Å². The van der Waals surface area contributed by atoms with Crippen LogP contribution in [0.15, 0.2) is 36.5 Å². The van der Waals surface area contributed by atoms with E-state index in [1.54, 1.807) is 0 Å². The molecule has 0 atom stereocenters. The minimum Gasteiger partial charge on any atom is -0.361 e. The second-order valence-electron chi connectivity index (χ2n) is 5.79. The normalized spacial score (nSPS) is 10.8. The van der Waals surface area contributed by atoms with Crippen molar-refractivity contribution >= 4 is 22.8 Å². The number of aryl methyl sites for hydroxylation is 2. The smallest absolute Gasteiger partial charge is 0.239 e. The Balaban J connectivity index is 1.47. The molecule has 0 fully saturated rings. The van der Waals surface area contributed by atoms with Crippen LogP contribution in [-0.4, -0.2) is 33.9 Å². The Kier molecular flexibility index (Phi) is 4.74. The lowest BCUT2D eigenvalue weighted by Gasteiger charge is -2.07. The van der Waals surface area contributed by atoms with E-state index in [-0.39, 0.29) is 12.5 Å². The maximum absolute atomic E-state index is 11.9. The fourth-order valence-electron chi connectivity index (χ4n) is 2.70. The first kappa shape index (κ1) is 16.0. The van der Waals surface area contributed by atoms with E-state index in [1.807, 2.05) is 44.3 Å². The zero-order valence-electron chi connectivity index (χ0n) is 13.9. The highest BCUT2D eigenvalue weighted by Gasteiger charge is 2.06. The standard InChI is InChI=1S/C18H21N5O/c1-12-9-13(2)23-18(22-12)21-11-17(24)19-8-7-14-10-20-16-6-4-3-5-15(14)16/h3-6,9-10,20H,7-8,11H2,1-2H3,(H,19,24)(H,21,22,23). The average molecular weight is 323 g/mol. The van der Waals surface area contributed by atoms with Crippen LogP contribution in [0.25, 0.3) is 10.9 Å². The van der Waals surface area contributed by atoms with Gasteiger partial charge in [0, 0.05) is 35.0 Å². The third-order valence-electron chi connectivity index (χ3n) is 3.78. The van der Waals surface area contributed by atoms with Gasteiger partial charge in [0.25, 0.3) is 0 Å². The summed E-state index contributed by atoms with van der Waals surface area (Å²) in [6.45, 7) is 4.56. The second-order valence-corrected chi connectivity index (χ2v) is 5.79. The van der Waals surface area contributed by atoms with Crippen LogP contribution in [0.3, 0.4) is 0 Å². The third-order valence-corrected chi connectivity index (χ3v) is 3.78. The molecule has 124 valence electrons. The van der Waals surface area contributed by atoms with Crippen LogP contribution in [0.5, 0.6) is 0 Å². The van der Waals surface area contributed by atoms with Gasteiger partial charge in [0.1, 0.15) is 0 Å². The first-order valence-electron chi connectivity index (χ1n) is 7.99. The minimum absolute atomic E-state index is 0.0717. The molecule has 0 unspecified atom stereocenters. The van der Waals surface area contributed by atoms with Gasteiger partial charge in [-0.05, 0) is 38.0 Å². The number of aromatic amines is 1. The summed E-state index contributed by atoms with van der Waals surface area (Å²) >= 11 is 0. The van der Waals surface area contributed by atoms with Crippen molar-refractivity contribution in [2.45, 2.75) is 20.3 Å². The van der Waals surface area contributed by atoms with E-state index in [1.165, 1.54) is 10.9 Å². The summed E-state index contributed by atoms with van der Waals surface area (Å²) in [6, 6.07) is 10.1. The van der Waals surface area contributed by atoms with E-state index in [0.29, 0.717) is 12.5 Å². The lowest BCUT2D eigenvalue weighted by atomic mass is 10.1. The molecular weight excluding hydrogens is 302 g/mol. The minimum atomic E-state index is -0.0717. The number of benzene rings is 1. The lowest BCUT2D eigenvalue weighted by Crippen LogP contribution is -2.31. The third kappa shape index (κ3) is 3.90. The summed E-state index contributed by atoms with van der Waals surface area (Å²) in [7, 11) is 0. The number of nitrogens with one attached hydrogen (secondary N) is 3. The van der Waals surface area contributed by atoms with Crippen LogP contribution < -0.4 is 10.6 Å². The molecular formula is C18H21N5O. The molecule has 0 spiro atoms. The monoisotopic (exact) mass is 323 g/mol. The number of carbonyl (C=O) groups excluding carboxylic acids is 1. The predicted molar refractivity (Wildman–Crippen MR) is 95.0 cm³/mol. The largest absolute Gasteiger partial charge is 0.361 e. The highest BCUT2D eigenvalue weighted by Crippen LogP contribution is 2.17. The zero-order valence-corrected chi connectivity index (χ0v) is 13.9. The van der Waals surface area contributed by atoms with Gasteiger partial charge in [0.15, 0.2) is 0 Å². The molecule has 24 heavy (non-hydrogen) atoms. The quantitative estimate of drug-likeness (QED) is 0.650. The van der Waals surface area contributed by atoms with Crippen LogP contribution in [0, 0.1) is 13.8 Å². The summed E-state index contributed by atoms with van der Waals surface area (Å²) in [4.78, 5) is 23.7. The van der Waals surface area contributed by atoms with Crippen molar-refractivity contribution in [2.75, 3.05) is 18.4 Å². The Bertz CT molecular complexity index is 835. The van der Waals surface area contributed by atoms with Crippen LogP contribution in [0.2, 0.25) is 0 Å². The fraction of sp³-hybridized carbons (Fsp3) is 0.278. The van der Waals surface area contributed by atoms with Gasteiger partial charge in [-0.1, -0.05) is 18.2 Å². The molecule has 1 amide bonds. The van der Waals surface area contributed by atoms with Crippen LogP contribution in [-0.2, 0) is 11.2 Å². The highest BCUT2D eigenvalue weighted by molar-refractivity contribution is 5.83. The number of hydrogen-bond acceptors (Lipinski definition) is 4. The predicted octanol–water partition coefficient (Wildman–Crippen LogP) is 2.35. The molecule has 0 radical (unpaired) electrons. The van der Waals surface area contributed by atoms with E-state index >= 15 is 0 Å². The number of anilines is 1. The Labute approximate surface area is 140 Å². The van der Waals surface area contributed by atoms with Crippen molar-refractivity contribution in [1.82, 2.24) is 20.3 Å². The van der Waals surface area contributed by atoms with Gasteiger partial charge in [0.2, 0.25) is 11.9 Å². The van der Waals surface area contributed by atoms with E-state index < -0.39 is 0 Å². The van der Waals surface area contributed by atoms with Crippen LogP contribution >= 0.6 is 0 Å². The Morgan fingerprint density at radius 2 is 1.92 bits per heavy atom. The number of amides is 1. The molecule has 0 saturated heterocycles. The molecule has 6 nitrogen and oxygen atoms in total. The molecule has 3 rings (SSSR count). The number of rotatable bonds is 6. The number of para-hydroxylation sites is 1. The number of nitrogens with zero attached hydrogens (tertiary/aromatic N) is 2. The van der Waals surface area contributed by atoms with E-state index in [4.69, 9.17) is 0 Å². The van der Waals surface area contributed by atoms with Crippen LogP contribution in [0.1, 0.15) is 17.0 Å². The summed E-state index contributed by atoms with van der Waals surface area (Å²) < 4.78 is 0. The van der Waals surface area contributed by atoms with Crippen molar-refractivity contribution in [3.8, 4) is 0 Å². The highest BCUT2D eigenvalue weighted by atomic mass is 16.1. The number of fused-ring (bicyclic) bond motifs is 1. The second kappa shape index (κ2) is 7.12. The van der Waals surface area contributed by atoms with Gasteiger partial charge in [-0.15, -0.1) is 0 Å². The first-order valence-corrected chi connectivity index (χ1v) is 7.99. The molecule has 2 aromatic heterocycles. The fourth-order valence-corrected chi connectivity index (χ4v) is 2.70. The van der Waals surface area contributed by atoms with E-state index in [2.05, 4.69) is 31.7 Å². The molecule has 0 saturated carbocycles. The molecule has 2 heterocycles. The molecule has 3 aromatic rings.